The van der Waals surface area contributed by atoms with E-state index in [1.165, 1.54) is 0 Å². The zero-order valence-electron chi connectivity index (χ0n) is 18.5. The van der Waals surface area contributed by atoms with Crippen molar-refractivity contribution in [1.29, 1.82) is 0 Å². The Balaban J connectivity index is 2.09. The first-order valence-corrected chi connectivity index (χ1v) is 12.7. The molecule has 1 atom stereocenters. The summed E-state index contributed by atoms with van der Waals surface area (Å²) in [5.74, 6) is 0.563. The number of hydrogen-bond donors (Lipinski definition) is 1. The highest BCUT2D eigenvalue weighted by Crippen LogP contribution is 2.25. The second-order valence-electron chi connectivity index (χ2n) is 7.75. The normalized spacial score (nSPS) is 12.0. The highest BCUT2D eigenvalue weighted by molar-refractivity contribution is 7.99. The topological polar surface area (TPSA) is 49.4 Å². The Labute approximate surface area is 210 Å². The Hall–Kier alpha value is -1.40. The largest absolute Gasteiger partial charge is 0.352 e. The minimum absolute atomic E-state index is 0.0107. The SMILES string of the molecule is CC[C@H](C(=O)NC(C)C)N(Cc1ccc(Cl)cc1Cl)C(=O)CCCSc1ccc(Cl)cc1. The number of carbonyl (C=O) groups is 2. The van der Waals surface area contributed by atoms with Crippen molar-refractivity contribution in [2.45, 2.75) is 63.6 Å². The van der Waals surface area contributed by atoms with Crippen LogP contribution in [0.2, 0.25) is 15.1 Å². The van der Waals surface area contributed by atoms with Crippen LogP contribution in [0.1, 0.15) is 45.6 Å². The fourth-order valence-electron chi connectivity index (χ4n) is 3.22. The predicted molar refractivity (Wildman–Crippen MR) is 136 cm³/mol. The lowest BCUT2D eigenvalue weighted by Crippen LogP contribution is -2.50. The van der Waals surface area contributed by atoms with E-state index in [0.29, 0.717) is 34.3 Å². The number of rotatable bonds is 11. The molecule has 0 radical (unpaired) electrons. The molecule has 0 unspecified atom stereocenters. The maximum absolute atomic E-state index is 13.2. The first-order chi connectivity index (χ1) is 15.2. The first-order valence-electron chi connectivity index (χ1n) is 10.6. The summed E-state index contributed by atoms with van der Waals surface area (Å²) in [5, 5.41) is 4.64. The van der Waals surface area contributed by atoms with Gasteiger partial charge in [0.15, 0.2) is 0 Å². The number of carbonyl (C=O) groups excluding carboxylic acids is 2. The van der Waals surface area contributed by atoms with E-state index < -0.39 is 6.04 Å². The molecule has 2 rings (SSSR count). The van der Waals surface area contributed by atoms with Crippen molar-refractivity contribution in [3.05, 3.63) is 63.1 Å². The van der Waals surface area contributed by atoms with Gasteiger partial charge in [0.2, 0.25) is 11.8 Å². The summed E-state index contributed by atoms with van der Waals surface area (Å²) in [4.78, 5) is 28.8. The Morgan fingerprint density at radius 2 is 1.69 bits per heavy atom. The predicted octanol–water partition coefficient (Wildman–Crippen LogP) is 6.85. The average Bonchev–Trinajstić information content (AvgIpc) is 2.73. The lowest BCUT2D eigenvalue weighted by atomic mass is 10.1. The number of thioether (sulfide) groups is 1. The smallest absolute Gasteiger partial charge is 0.243 e. The molecule has 0 fully saturated rings. The number of nitrogens with zero attached hydrogens (tertiary/aromatic N) is 1. The first kappa shape index (κ1) is 26.8. The Kier molecular flexibility index (Phi) is 11.2. The monoisotopic (exact) mass is 514 g/mol. The highest BCUT2D eigenvalue weighted by atomic mass is 35.5. The van der Waals surface area contributed by atoms with Crippen molar-refractivity contribution in [1.82, 2.24) is 10.2 Å². The Morgan fingerprint density at radius 1 is 1.03 bits per heavy atom. The second kappa shape index (κ2) is 13.3. The molecule has 2 aromatic carbocycles. The quantitative estimate of drug-likeness (QED) is 0.263. The molecular formula is C24H29Cl3N2O2S. The van der Waals surface area contributed by atoms with Gasteiger partial charge in [0.1, 0.15) is 6.04 Å². The molecule has 32 heavy (non-hydrogen) atoms. The molecule has 0 bridgehead atoms. The molecule has 0 saturated carbocycles. The van der Waals surface area contributed by atoms with Crippen LogP contribution in [-0.4, -0.2) is 34.6 Å². The molecule has 4 nitrogen and oxygen atoms in total. The maximum Gasteiger partial charge on any atom is 0.243 e. The Bertz CT molecular complexity index is 907. The van der Waals surface area contributed by atoms with Crippen LogP contribution in [0, 0.1) is 0 Å². The average molecular weight is 516 g/mol. The fourth-order valence-corrected chi connectivity index (χ4v) is 4.67. The van der Waals surface area contributed by atoms with E-state index in [0.717, 1.165) is 16.2 Å². The molecule has 0 aliphatic carbocycles. The van der Waals surface area contributed by atoms with Crippen LogP contribution in [0.3, 0.4) is 0 Å². The molecular weight excluding hydrogens is 487 g/mol. The molecule has 0 aromatic heterocycles. The standard InChI is InChI=1S/C24H29Cl3N2O2S/c1-4-22(24(31)28-16(2)3)29(15-17-7-8-19(26)14-21(17)27)23(30)6-5-13-32-20-11-9-18(25)10-12-20/h7-12,14,16,22H,4-6,13,15H2,1-3H3,(H,28,31)/t22-/m1/s1. The van der Waals surface area contributed by atoms with Gasteiger partial charge in [-0.1, -0.05) is 47.8 Å². The van der Waals surface area contributed by atoms with E-state index >= 15 is 0 Å². The van der Waals surface area contributed by atoms with E-state index in [1.54, 1.807) is 34.9 Å². The third-order valence-corrected chi connectivity index (χ3v) is 6.73. The summed E-state index contributed by atoms with van der Waals surface area (Å²) < 4.78 is 0. The lowest BCUT2D eigenvalue weighted by Gasteiger charge is -2.31. The van der Waals surface area contributed by atoms with Crippen molar-refractivity contribution in [2.24, 2.45) is 0 Å². The zero-order chi connectivity index (χ0) is 23.7. The lowest BCUT2D eigenvalue weighted by molar-refractivity contribution is -0.141. The van der Waals surface area contributed by atoms with E-state index in [2.05, 4.69) is 5.32 Å². The Morgan fingerprint density at radius 3 is 2.28 bits per heavy atom. The van der Waals surface area contributed by atoms with E-state index in [4.69, 9.17) is 34.8 Å². The summed E-state index contributed by atoms with van der Waals surface area (Å²) in [7, 11) is 0. The van der Waals surface area contributed by atoms with Gasteiger partial charge in [-0.05, 0) is 74.4 Å². The van der Waals surface area contributed by atoms with Crippen LogP contribution in [0.5, 0.6) is 0 Å². The number of hydrogen-bond acceptors (Lipinski definition) is 3. The molecule has 0 spiro atoms. The molecule has 174 valence electrons. The number of halogens is 3. The van der Waals surface area contributed by atoms with Crippen molar-refractivity contribution in [2.75, 3.05) is 5.75 Å². The third kappa shape index (κ3) is 8.51. The van der Waals surface area contributed by atoms with Crippen molar-refractivity contribution in [3.63, 3.8) is 0 Å². The molecule has 2 aromatic rings. The van der Waals surface area contributed by atoms with Crippen LogP contribution in [0.15, 0.2) is 47.4 Å². The van der Waals surface area contributed by atoms with E-state index in [-0.39, 0.29) is 24.4 Å². The van der Waals surface area contributed by atoms with Gasteiger partial charge < -0.3 is 10.2 Å². The minimum atomic E-state index is -0.569. The summed E-state index contributed by atoms with van der Waals surface area (Å²) in [6.07, 6.45) is 1.55. The van der Waals surface area contributed by atoms with Gasteiger partial charge in [0.05, 0.1) is 0 Å². The van der Waals surface area contributed by atoms with Gasteiger partial charge in [-0.15, -0.1) is 11.8 Å². The number of benzene rings is 2. The van der Waals surface area contributed by atoms with Gasteiger partial charge in [0, 0.05) is 39.0 Å². The van der Waals surface area contributed by atoms with Crippen LogP contribution < -0.4 is 5.32 Å². The fraction of sp³-hybridized carbons (Fsp3) is 0.417. The van der Waals surface area contributed by atoms with Crippen molar-refractivity contribution < 1.29 is 9.59 Å². The van der Waals surface area contributed by atoms with Crippen LogP contribution in [-0.2, 0) is 16.1 Å². The highest BCUT2D eigenvalue weighted by Gasteiger charge is 2.29. The molecule has 1 N–H and O–H groups in total. The van der Waals surface area contributed by atoms with E-state index in [1.807, 2.05) is 45.0 Å². The summed E-state index contributed by atoms with van der Waals surface area (Å²) in [5.41, 5.74) is 0.760. The second-order valence-corrected chi connectivity index (χ2v) is 10.2. The molecule has 2 amide bonds. The van der Waals surface area contributed by atoms with Gasteiger partial charge >= 0.3 is 0 Å². The third-order valence-electron chi connectivity index (χ3n) is 4.79. The molecule has 8 heteroatoms. The summed E-state index contributed by atoms with van der Waals surface area (Å²) >= 11 is 20.0. The van der Waals surface area contributed by atoms with Gasteiger partial charge in [-0.3, -0.25) is 9.59 Å². The van der Waals surface area contributed by atoms with Gasteiger partial charge in [-0.2, -0.15) is 0 Å². The number of amides is 2. The zero-order valence-corrected chi connectivity index (χ0v) is 21.6. The minimum Gasteiger partial charge on any atom is -0.352 e. The number of nitrogens with one attached hydrogen (secondary N) is 1. The van der Waals surface area contributed by atoms with E-state index in [9.17, 15) is 9.59 Å². The molecule has 0 aliphatic heterocycles. The van der Waals surface area contributed by atoms with Crippen LogP contribution >= 0.6 is 46.6 Å². The summed E-state index contributed by atoms with van der Waals surface area (Å²) in [6.45, 7) is 5.97. The van der Waals surface area contributed by atoms with Gasteiger partial charge in [-0.25, -0.2) is 0 Å². The molecule has 0 heterocycles. The molecule has 0 aliphatic rings. The van der Waals surface area contributed by atoms with Crippen LogP contribution in [0.4, 0.5) is 0 Å². The van der Waals surface area contributed by atoms with Crippen LogP contribution in [0.25, 0.3) is 0 Å². The molecule has 0 saturated heterocycles. The van der Waals surface area contributed by atoms with Crippen molar-refractivity contribution >= 4 is 58.4 Å². The maximum atomic E-state index is 13.2. The van der Waals surface area contributed by atoms with Crippen molar-refractivity contribution in [3.8, 4) is 0 Å². The summed E-state index contributed by atoms with van der Waals surface area (Å²) in [6, 6.07) is 12.2. The van der Waals surface area contributed by atoms with Gasteiger partial charge in [0.25, 0.3) is 0 Å².